The van der Waals surface area contributed by atoms with Crippen molar-refractivity contribution < 1.29 is 9.63 Å². The predicted octanol–water partition coefficient (Wildman–Crippen LogP) is 0.317. The third kappa shape index (κ3) is 2.36. The zero-order valence-electron chi connectivity index (χ0n) is 9.04. The van der Waals surface area contributed by atoms with Crippen molar-refractivity contribution in [2.75, 3.05) is 19.6 Å². The van der Waals surface area contributed by atoms with E-state index in [4.69, 9.17) is 5.90 Å². The van der Waals surface area contributed by atoms with Crippen LogP contribution in [-0.4, -0.2) is 36.7 Å². The lowest BCUT2D eigenvalue weighted by Crippen LogP contribution is -2.58. The molecule has 0 spiro atoms. The van der Waals surface area contributed by atoms with Gasteiger partial charge in [0.25, 0.3) is 0 Å². The van der Waals surface area contributed by atoms with Crippen LogP contribution in [0.25, 0.3) is 0 Å². The summed E-state index contributed by atoms with van der Waals surface area (Å²) in [6.45, 7) is 8.53. The van der Waals surface area contributed by atoms with Gasteiger partial charge >= 0.3 is 6.09 Å². The van der Waals surface area contributed by atoms with Crippen LogP contribution in [0.15, 0.2) is 0 Å². The van der Waals surface area contributed by atoms with Gasteiger partial charge < -0.3 is 15.1 Å². The summed E-state index contributed by atoms with van der Waals surface area (Å²) in [5.41, 5.74) is 0.0294. The van der Waals surface area contributed by atoms with Gasteiger partial charge in [0.2, 0.25) is 0 Å². The first-order valence-electron chi connectivity index (χ1n) is 4.85. The van der Waals surface area contributed by atoms with Crippen molar-refractivity contribution in [1.82, 2.24) is 10.2 Å². The minimum absolute atomic E-state index is 0.0294. The van der Waals surface area contributed by atoms with Crippen LogP contribution in [0.1, 0.15) is 20.8 Å². The number of nitrogens with two attached hydrogens (primary N) is 1. The molecule has 1 saturated heterocycles. The van der Waals surface area contributed by atoms with Crippen LogP contribution in [0.3, 0.4) is 0 Å². The number of rotatable bonds is 0. The molecule has 0 saturated carbocycles. The van der Waals surface area contributed by atoms with E-state index in [-0.39, 0.29) is 11.5 Å². The third-order valence-electron chi connectivity index (χ3n) is 2.58. The van der Waals surface area contributed by atoms with Crippen molar-refractivity contribution in [3.63, 3.8) is 0 Å². The van der Waals surface area contributed by atoms with E-state index in [0.29, 0.717) is 6.54 Å². The molecule has 5 heteroatoms. The topological polar surface area (TPSA) is 67.6 Å². The highest BCUT2D eigenvalue weighted by Gasteiger charge is 2.35. The number of nitrogens with zero attached hydrogens (tertiary/aromatic N) is 1. The first-order valence-corrected chi connectivity index (χ1v) is 4.85. The SMILES string of the molecule is CC(C)(C)C1CNCCN1C(=O)ON. The largest absolute Gasteiger partial charge is 0.428 e. The summed E-state index contributed by atoms with van der Waals surface area (Å²) < 4.78 is 0. The summed E-state index contributed by atoms with van der Waals surface area (Å²) in [5.74, 6) is 4.90. The summed E-state index contributed by atoms with van der Waals surface area (Å²) in [5, 5.41) is 3.26. The second kappa shape index (κ2) is 4.14. The third-order valence-corrected chi connectivity index (χ3v) is 2.58. The van der Waals surface area contributed by atoms with E-state index in [0.717, 1.165) is 13.1 Å². The number of carbonyl (C=O) groups excluding carboxylic acids is 1. The Labute approximate surface area is 84.5 Å². The van der Waals surface area contributed by atoms with Gasteiger partial charge in [0, 0.05) is 19.6 Å². The molecule has 5 nitrogen and oxygen atoms in total. The zero-order valence-corrected chi connectivity index (χ0v) is 9.04. The monoisotopic (exact) mass is 201 g/mol. The lowest BCUT2D eigenvalue weighted by atomic mass is 9.85. The molecule has 3 N–H and O–H groups in total. The average molecular weight is 201 g/mol. The molecule has 14 heavy (non-hydrogen) atoms. The molecule has 1 rings (SSSR count). The van der Waals surface area contributed by atoms with Gasteiger partial charge in [0.15, 0.2) is 0 Å². The van der Waals surface area contributed by atoms with Crippen LogP contribution in [0.2, 0.25) is 0 Å². The van der Waals surface area contributed by atoms with E-state index in [1.165, 1.54) is 0 Å². The van der Waals surface area contributed by atoms with E-state index < -0.39 is 6.09 Å². The molecule has 0 aromatic heterocycles. The normalized spacial score (nSPS) is 23.4. The molecule has 82 valence electrons. The van der Waals surface area contributed by atoms with E-state index in [1.807, 2.05) is 0 Å². The molecule has 1 atom stereocenters. The highest BCUT2D eigenvalue weighted by atomic mass is 16.7. The minimum Gasteiger partial charge on any atom is -0.357 e. The summed E-state index contributed by atoms with van der Waals surface area (Å²) in [6, 6.07) is 0.132. The maximum atomic E-state index is 11.4. The Hall–Kier alpha value is -0.810. The van der Waals surface area contributed by atoms with Crippen LogP contribution >= 0.6 is 0 Å². The predicted molar refractivity (Wildman–Crippen MR) is 53.5 cm³/mol. The molecule has 0 aromatic rings. The quantitative estimate of drug-likeness (QED) is 0.554. The molecule has 1 heterocycles. The number of piperazine rings is 1. The number of hydrogen-bond donors (Lipinski definition) is 2. The highest BCUT2D eigenvalue weighted by Crippen LogP contribution is 2.25. The smallest absolute Gasteiger partial charge is 0.357 e. The van der Waals surface area contributed by atoms with Gasteiger partial charge in [-0.1, -0.05) is 20.8 Å². The van der Waals surface area contributed by atoms with Gasteiger partial charge in [-0.05, 0) is 5.41 Å². The molecule has 0 radical (unpaired) electrons. The Kier molecular flexibility index (Phi) is 3.34. The van der Waals surface area contributed by atoms with E-state index in [1.54, 1.807) is 4.90 Å². The average Bonchev–Trinajstić information content (AvgIpc) is 2.15. The second-order valence-electron chi connectivity index (χ2n) is 4.66. The van der Waals surface area contributed by atoms with Gasteiger partial charge in [-0.2, -0.15) is 5.90 Å². The van der Waals surface area contributed by atoms with Gasteiger partial charge in [0.1, 0.15) is 0 Å². The number of amides is 1. The Morgan fingerprint density at radius 1 is 1.57 bits per heavy atom. The Morgan fingerprint density at radius 2 is 2.21 bits per heavy atom. The van der Waals surface area contributed by atoms with Crippen molar-refractivity contribution in [3.05, 3.63) is 0 Å². The molecule has 0 aromatic carbocycles. The van der Waals surface area contributed by atoms with Crippen LogP contribution in [0.4, 0.5) is 4.79 Å². The van der Waals surface area contributed by atoms with Crippen molar-refractivity contribution >= 4 is 6.09 Å². The highest BCUT2D eigenvalue weighted by molar-refractivity contribution is 5.68. The maximum absolute atomic E-state index is 11.4. The molecular weight excluding hydrogens is 182 g/mol. The van der Waals surface area contributed by atoms with Crippen LogP contribution in [-0.2, 0) is 4.84 Å². The minimum atomic E-state index is -0.438. The van der Waals surface area contributed by atoms with Crippen LogP contribution < -0.4 is 11.2 Å². The summed E-state index contributed by atoms with van der Waals surface area (Å²) in [6.07, 6.45) is -0.438. The van der Waals surface area contributed by atoms with Crippen LogP contribution in [0, 0.1) is 5.41 Å². The first-order chi connectivity index (χ1) is 6.46. The van der Waals surface area contributed by atoms with Crippen molar-refractivity contribution in [3.8, 4) is 0 Å². The summed E-state index contributed by atoms with van der Waals surface area (Å²) in [7, 11) is 0. The molecule has 1 amide bonds. The van der Waals surface area contributed by atoms with Crippen molar-refractivity contribution in [1.29, 1.82) is 0 Å². The maximum Gasteiger partial charge on any atom is 0.428 e. The fourth-order valence-corrected chi connectivity index (χ4v) is 1.76. The fourth-order valence-electron chi connectivity index (χ4n) is 1.76. The molecule has 1 unspecified atom stereocenters. The summed E-state index contributed by atoms with van der Waals surface area (Å²) in [4.78, 5) is 17.3. The van der Waals surface area contributed by atoms with Crippen molar-refractivity contribution in [2.45, 2.75) is 26.8 Å². The Balaban J connectivity index is 2.74. The van der Waals surface area contributed by atoms with Gasteiger partial charge in [-0.15, -0.1) is 0 Å². The van der Waals surface area contributed by atoms with Gasteiger partial charge in [-0.25, -0.2) is 4.79 Å². The van der Waals surface area contributed by atoms with Crippen LogP contribution in [0.5, 0.6) is 0 Å². The number of carbonyl (C=O) groups is 1. The standard InChI is InChI=1S/C9H19N3O2/c1-9(2,3)7-6-11-4-5-12(7)8(13)14-10/h7,11H,4-6,10H2,1-3H3. The second-order valence-corrected chi connectivity index (χ2v) is 4.66. The first kappa shape index (κ1) is 11.3. The zero-order chi connectivity index (χ0) is 10.8. The molecule has 1 aliphatic heterocycles. The molecule has 0 bridgehead atoms. The molecule has 1 fully saturated rings. The van der Waals surface area contributed by atoms with Gasteiger partial charge in [0.05, 0.1) is 6.04 Å². The lowest BCUT2D eigenvalue weighted by Gasteiger charge is -2.42. The molecular formula is C9H19N3O2. The number of nitrogens with one attached hydrogen (secondary N) is 1. The number of hydrogen-bond acceptors (Lipinski definition) is 4. The molecule has 0 aliphatic carbocycles. The van der Waals surface area contributed by atoms with Crippen molar-refractivity contribution in [2.24, 2.45) is 11.3 Å². The summed E-state index contributed by atoms with van der Waals surface area (Å²) >= 11 is 0. The van der Waals surface area contributed by atoms with E-state index in [9.17, 15) is 4.79 Å². The van der Waals surface area contributed by atoms with E-state index in [2.05, 4.69) is 30.9 Å². The Morgan fingerprint density at radius 3 is 2.71 bits per heavy atom. The molecule has 1 aliphatic rings. The van der Waals surface area contributed by atoms with E-state index >= 15 is 0 Å². The lowest BCUT2D eigenvalue weighted by molar-refractivity contribution is 0.0448. The fraction of sp³-hybridized carbons (Fsp3) is 0.889. The van der Waals surface area contributed by atoms with Gasteiger partial charge in [-0.3, -0.25) is 0 Å². The Bertz CT molecular complexity index is 213.